The first-order valence-electron chi connectivity index (χ1n) is 3.46. The van der Waals surface area contributed by atoms with Gasteiger partial charge in [-0.3, -0.25) is 0 Å². The summed E-state index contributed by atoms with van der Waals surface area (Å²) < 4.78 is 1.41. The van der Waals surface area contributed by atoms with Gasteiger partial charge in [0.25, 0.3) is 0 Å². The van der Waals surface area contributed by atoms with E-state index in [4.69, 9.17) is 0 Å². The Morgan fingerprint density at radius 1 is 1.12 bits per heavy atom. The Bertz CT molecular complexity index is 90.6. The average Bonchev–Trinajstić information content (AvgIpc) is 2.40. The Kier molecular flexibility index (Phi) is 1.28. The van der Waals surface area contributed by atoms with E-state index in [-0.39, 0.29) is 0 Å². The van der Waals surface area contributed by atoms with E-state index in [0.29, 0.717) is 0 Å². The van der Waals surface area contributed by atoms with Gasteiger partial charge >= 0.3 is 0 Å². The summed E-state index contributed by atoms with van der Waals surface area (Å²) in [5.74, 6) is 3.49. The van der Waals surface area contributed by atoms with E-state index in [2.05, 4.69) is 22.6 Å². The van der Waals surface area contributed by atoms with Crippen LogP contribution in [-0.4, -0.2) is 4.43 Å². The number of halogens is 1. The van der Waals surface area contributed by atoms with E-state index in [0.717, 1.165) is 5.92 Å². The fourth-order valence-electron chi connectivity index (χ4n) is 1.97. The predicted molar refractivity (Wildman–Crippen MR) is 43.2 cm³/mol. The molecule has 0 aliphatic heterocycles. The van der Waals surface area contributed by atoms with Gasteiger partial charge in [0.05, 0.1) is 0 Å². The third kappa shape index (κ3) is 0.789. The topological polar surface area (TPSA) is 0 Å². The van der Waals surface area contributed by atoms with Crippen molar-refractivity contribution in [2.45, 2.75) is 19.3 Å². The smallest absolute Gasteiger partial charge is 0.00239 e. The molecule has 1 heteroatoms. The fraction of sp³-hybridized carbons (Fsp3) is 1.00. The Hall–Kier alpha value is 0.730. The molecule has 2 saturated carbocycles. The quantitative estimate of drug-likeness (QED) is 0.472. The van der Waals surface area contributed by atoms with Crippen LogP contribution in [0.4, 0.5) is 0 Å². The molecule has 0 aromatic carbocycles. The van der Waals surface area contributed by atoms with Crippen molar-refractivity contribution < 1.29 is 0 Å². The summed E-state index contributed by atoms with van der Waals surface area (Å²) in [6, 6.07) is 0. The molecule has 2 aliphatic rings. The molecule has 0 heterocycles. The lowest BCUT2D eigenvalue weighted by Gasteiger charge is -2.03. The van der Waals surface area contributed by atoms with Gasteiger partial charge < -0.3 is 0 Å². The second-order valence-electron chi connectivity index (χ2n) is 3.25. The van der Waals surface area contributed by atoms with Gasteiger partial charge in [0.2, 0.25) is 0 Å². The van der Waals surface area contributed by atoms with E-state index < -0.39 is 0 Å². The maximum Gasteiger partial charge on any atom is 0.00239 e. The van der Waals surface area contributed by atoms with E-state index in [1.807, 2.05) is 0 Å². The third-order valence-corrected chi connectivity index (χ3v) is 3.81. The molecule has 0 spiro atoms. The maximum absolute atomic E-state index is 2.52. The normalized spacial score (nSPS) is 51.4. The minimum Gasteiger partial charge on any atom is -0.0861 e. The van der Waals surface area contributed by atoms with Gasteiger partial charge in [0.15, 0.2) is 0 Å². The number of rotatable bonds is 1. The molecule has 0 nitrogen and oxygen atoms in total. The van der Waals surface area contributed by atoms with Crippen LogP contribution in [0.1, 0.15) is 19.3 Å². The molecule has 0 N–H and O–H groups in total. The number of hydrogen-bond donors (Lipinski definition) is 0. The largest absolute Gasteiger partial charge is 0.0861 e. The van der Waals surface area contributed by atoms with Crippen LogP contribution < -0.4 is 0 Å². The summed E-state index contributed by atoms with van der Waals surface area (Å²) in [4.78, 5) is 0. The summed E-state index contributed by atoms with van der Waals surface area (Å²) in [6.45, 7) is 0. The van der Waals surface area contributed by atoms with E-state index in [1.165, 1.54) is 16.3 Å². The monoisotopic (exact) mass is 222 g/mol. The van der Waals surface area contributed by atoms with E-state index >= 15 is 0 Å². The molecule has 3 atom stereocenters. The minimum absolute atomic E-state index is 1.11. The summed E-state index contributed by atoms with van der Waals surface area (Å²) in [6.07, 6.45) is 4.70. The zero-order valence-corrected chi connectivity index (χ0v) is 7.10. The van der Waals surface area contributed by atoms with Crippen LogP contribution in [-0.2, 0) is 0 Å². The van der Waals surface area contributed by atoms with Gasteiger partial charge in [-0.1, -0.05) is 22.6 Å². The van der Waals surface area contributed by atoms with Gasteiger partial charge in [-0.05, 0) is 37.0 Å². The number of hydrogen-bond acceptors (Lipinski definition) is 0. The van der Waals surface area contributed by atoms with Crippen molar-refractivity contribution in [2.24, 2.45) is 17.8 Å². The highest BCUT2D eigenvalue weighted by molar-refractivity contribution is 14.1. The molecule has 0 unspecified atom stereocenters. The lowest BCUT2D eigenvalue weighted by Crippen LogP contribution is -1.96. The van der Waals surface area contributed by atoms with Gasteiger partial charge in [-0.2, -0.15) is 0 Å². The molecule has 0 saturated heterocycles. The highest BCUT2D eigenvalue weighted by Gasteiger charge is 2.44. The van der Waals surface area contributed by atoms with Gasteiger partial charge in [-0.15, -0.1) is 0 Å². The Morgan fingerprint density at radius 3 is 2.12 bits per heavy atom. The van der Waals surface area contributed by atoms with Crippen molar-refractivity contribution in [1.29, 1.82) is 0 Å². The highest BCUT2D eigenvalue weighted by atomic mass is 127. The first kappa shape index (κ1) is 5.51. The molecule has 8 heavy (non-hydrogen) atoms. The lowest BCUT2D eigenvalue weighted by atomic mass is 10.1. The molecule has 0 bridgehead atoms. The van der Waals surface area contributed by atoms with Crippen LogP contribution in [0.15, 0.2) is 0 Å². The van der Waals surface area contributed by atoms with Gasteiger partial charge in [-0.25, -0.2) is 0 Å². The number of alkyl halides is 1. The van der Waals surface area contributed by atoms with Crippen molar-refractivity contribution in [3.8, 4) is 0 Å². The van der Waals surface area contributed by atoms with Gasteiger partial charge in [0.1, 0.15) is 0 Å². The van der Waals surface area contributed by atoms with Crippen LogP contribution in [0, 0.1) is 17.8 Å². The van der Waals surface area contributed by atoms with Crippen LogP contribution >= 0.6 is 22.6 Å². The standard InChI is InChI=1S/C7H11I/c8-4-5-1-6-3-7(6)2-5/h5-7H,1-4H2/t5-,6-,7+. The lowest BCUT2D eigenvalue weighted by molar-refractivity contribution is 0.551. The first-order chi connectivity index (χ1) is 3.90. The second kappa shape index (κ2) is 1.86. The fourth-order valence-corrected chi connectivity index (χ4v) is 2.69. The van der Waals surface area contributed by atoms with Crippen LogP contribution in [0.5, 0.6) is 0 Å². The van der Waals surface area contributed by atoms with Crippen molar-refractivity contribution in [1.82, 2.24) is 0 Å². The van der Waals surface area contributed by atoms with Crippen LogP contribution in [0.25, 0.3) is 0 Å². The summed E-state index contributed by atoms with van der Waals surface area (Å²) in [5, 5.41) is 0. The molecule has 2 fully saturated rings. The highest BCUT2D eigenvalue weighted by Crippen LogP contribution is 2.54. The Balaban J connectivity index is 1.89. The second-order valence-corrected chi connectivity index (χ2v) is 4.13. The van der Waals surface area contributed by atoms with E-state index in [1.54, 1.807) is 19.3 Å². The van der Waals surface area contributed by atoms with Crippen molar-refractivity contribution in [3.05, 3.63) is 0 Å². The van der Waals surface area contributed by atoms with Crippen LogP contribution in [0.2, 0.25) is 0 Å². The van der Waals surface area contributed by atoms with Crippen LogP contribution in [0.3, 0.4) is 0 Å². The zero-order chi connectivity index (χ0) is 5.56. The summed E-state index contributed by atoms with van der Waals surface area (Å²) in [7, 11) is 0. The molecule has 2 aliphatic carbocycles. The number of fused-ring (bicyclic) bond motifs is 1. The zero-order valence-electron chi connectivity index (χ0n) is 4.94. The van der Waals surface area contributed by atoms with Crippen molar-refractivity contribution in [3.63, 3.8) is 0 Å². The third-order valence-electron chi connectivity index (χ3n) is 2.56. The first-order valence-corrected chi connectivity index (χ1v) is 4.98. The van der Waals surface area contributed by atoms with Gasteiger partial charge in [0, 0.05) is 4.43 Å². The predicted octanol–water partition coefficient (Wildman–Crippen LogP) is 2.47. The SMILES string of the molecule is IC[C@@H]1C[C@@H]2C[C@@H]2C1. The summed E-state index contributed by atoms with van der Waals surface area (Å²) in [5.41, 5.74) is 0. The maximum atomic E-state index is 2.52. The Morgan fingerprint density at radius 2 is 1.75 bits per heavy atom. The molecule has 0 aromatic rings. The van der Waals surface area contributed by atoms with Crippen molar-refractivity contribution >= 4 is 22.6 Å². The average molecular weight is 222 g/mol. The molecule has 0 amide bonds. The molecule has 2 rings (SSSR count). The molecular weight excluding hydrogens is 211 g/mol. The molecular formula is C7H11I. The van der Waals surface area contributed by atoms with E-state index in [9.17, 15) is 0 Å². The molecule has 0 radical (unpaired) electrons. The molecule has 46 valence electrons. The minimum atomic E-state index is 1.11. The summed E-state index contributed by atoms with van der Waals surface area (Å²) >= 11 is 2.52. The molecule has 0 aromatic heterocycles. The van der Waals surface area contributed by atoms with Crippen molar-refractivity contribution in [2.75, 3.05) is 4.43 Å². The Labute approximate surface area is 64.2 Å².